The zero-order valence-electron chi connectivity index (χ0n) is 21.2. The lowest BCUT2D eigenvalue weighted by Gasteiger charge is -2.36. The second-order valence-electron chi connectivity index (χ2n) is 8.95. The summed E-state index contributed by atoms with van der Waals surface area (Å²) in [6, 6.07) is 16.6. The molecule has 0 bridgehead atoms. The number of ether oxygens (including phenoxy) is 4. The standard InChI is InChI=1S/C29H30N2O6/c1-34-21-8-5-20(6-9-21)31-14-12-30(13-15-31)18-24-25(32)11-10-23-28(33)27(37-29(23)24)16-19-4-7-22(35-2)17-26(19)36-3/h4-11,16-17,32H,12-15,18H2,1-3H3/b27-16-. The molecule has 0 aromatic heterocycles. The second kappa shape index (κ2) is 10.4. The highest BCUT2D eigenvalue weighted by molar-refractivity contribution is 6.15. The van der Waals surface area contributed by atoms with E-state index in [0.29, 0.717) is 40.5 Å². The summed E-state index contributed by atoms with van der Waals surface area (Å²) < 4.78 is 22.0. The molecule has 0 unspecified atom stereocenters. The van der Waals surface area contributed by atoms with Gasteiger partial charge in [0.15, 0.2) is 5.76 Å². The van der Waals surface area contributed by atoms with E-state index in [2.05, 4.69) is 21.9 Å². The molecular weight excluding hydrogens is 472 g/mol. The number of carbonyl (C=O) groups is 1. The van der Waals surface area contributed by atoms with Crippen molar-refractivity contribution in [1.29, 1.82) is 0 Å². The molecule has 3 aromatic carbocycles. The van der Waals surface area contributed by atoms with E-state index in [1.807, 2.05) is 18.2 Å². The number of rotatable bonds is 7. The van der Waals surface area contributed by atoms with Crippen LogP contribution < -0.4 is 23.8 Å². The van der Waals surface area contributed by atoms with Crippen molar-refractivity contribution in [1.82, 2.24) is 4.90 Å². The van der Waals surface area contributed by atoms with Crippen LogP contribution in [0.4, 0.5) is 5.69 Å². The summed E-state index contributed by atoms with van der Waals surface area (Å²) in [6.07, 6.45) is 1.66. The van der Waals surface area contributed by atoms with Crippen LogP contribution in [0.25, 0.3) is 6.08 Å². The number of hydrogen-bond acceptors (Lipinski definition) is 8. The van der Waals surface area contributed by atoms with Crippen LogP contribution in [0.2, 0.25) is 0 Å². The largest absolute Gasteiger partial charge is 0.507 e. The molecule has 1 N–H and O–H groups in total. The summed E-state index contributed by atoms with van der Waals surface area (Å²) in [5.74, 6) is 2.56. The summed E-state index contributed by atoms with van der Waals surface area (Å²) in [4.78, 5) is 17.7. The summed E-state index contributed by atoms with van der Waals surface area (Å²) in [5.41, 5.74) is 2.92. The number of piperazine rings is 1. The highest BCUT2D eigenvalue weighted by Crippen LogP contribution is 2.41. The van der Waals surface area contributed by atoms with Gasteiger partial charge in [0.25, 0.3) is 0 Å². The lowest BCUT2D eigenvalue weighted by molar-refractivity contribution is 0.101. The number of hydrogen-bond donors (Lipinski definition) is 1. The Morgan fingerprint density at radius 3 is 2.27 bits per heavy atom. The van der Waals surface area contributed by atoms with E-state index in [1.54, 1.807) is 51.7 Å². The van der Waals surface area contributed by atoms with Gasteiger partial charge in [0.1, 0.15) is 28.7 Å². The molecule has 0 radical (unpaired) electrons. The fourth-order valence-corrected chi connectivity index (χ4v) is 4.71. The molecule has 192 valence electrons. The van der Waals surface area contributed by atoms with Crippen LogP contribution in [-0.4, -0.2) is 63.3 Å². The average molecular weight is 503 g/mol. The van der Waals surface area contributed by atoms with Crippen LogP contribution in [-0.2, 0) is 6.54 Å². The first-order valence-corrected chi connectivity index (χ1v) is 12.1. The maximum absolute atomic E-state index is 13.2. The van der Waals surface area contributed by atoms with Gasteiger partial charge < -0.3 is 29.0 Å². The third-order valence-electron chi connectivity index (χ3n) is 6.84. The number of aromatic hydroxyl groups is 1. The van der Waals surface area contributed by atoms with Gasteiger partial charge >= 0.3 is 0 Å². The van der Waals surface area contributed by atoms with Gasteiger partial charge in [0, 0.05) is 50.0 Å². The maximum atomic E-state index is 13.2. The number of methoxy groups -OCH3 is 3. The van der Waals surface area contributed by atoms with Crippen molar-refractivity contribution in [2.45, 2.75) is 6.54 Å². The Kier molecular flexibility index (Phi) is 6.92. The first-order chi connectivity index (χ1) is 18.0. The SMILES string of the molecule is COc1ccc(N2CCN(Cc3c(O)ccc4c3O/C(=C\c3ccc(OC)cc3OC)C4=O)CC2)cc1. The number of ketones is 1. The number of allylic oxidation sites excluding steroid dienone is 1. The monoisotopic (exact) mass is 502 g/mol. The van der Waals surface area contributed by atoms with Crippen molar-refractivity contribution in [3.05, 3.63) is 77.0 Å². The van der Waals surface area contributed by atoms with Gasteiger partial charge in [-0.25, -0.2) is 0 Å². The molecule has 2 aliphatic heterocycles. The molecule has 0 atom stereocenters. The summed E-state index contributed by atoms with van der Waals surface area (Å²) >= 11 is 0. The fourth-order valence-electron chi connectivity index (χ4n) is 4.71. The van der Waals surface area contributed by atoms with Gasteiger partial charge in [-0.1, -0.05) is 0 Å². The normalized spacial score (nSPS) is 16.5. The third kappa shape index (κ3) is 4.93. The van der Waals surface area contributed by atoms with Crippen LogP contribution in [0, 0.1) is 0 Å². The molecule has 0 saturated carbocycles. The second-order valence-corrected chi connectivity index (χ2v) is 8.95. The van der Waals surface area contributed by atoms with E-state index in [9.17, 15) is 9.90 Å². The van der Waals surface area contributed by atoms with Crippen molar-refractivity contribution in [2.24, 2.45) is 0 Å². The molecule has 0 amide bonds. The van der Waals surface area contributed by atoms with E-state index in [-0.39, 0.29) is 17.3 Å². The zero-order valence-corrected chi connectivity index (χ0v) is 21.2. The Labute approximate surface area is 216 Å². The van der Waals surface area contributed by atoms with Crippen LogP contribution in [0.15, 0.2) is 60.4 Å². The topological polar surface area (TPSA) is 80.7 Å². The number of phenols is 1. The summed E-state index contributed by atoms with van der Waals surface area (Å²) in [7, 11) is 4.81. The van der Waals surface area contributed by atoms with E-state index < -0.39 is 0 Å². The van der Waals surface area contributed by atoms with Crippen LogP contribution in [0.1, 0.15) is 21.5 Å². The number of fused-ring (bicyclic) bond motifs is 1. The molecule has 1 fully saturated rings. The van der Waals surface area contributed by atoms with Gasteiger partial charge in [0.2, 0.25) is 5.78 Å². The highest BCUT2D eigenvalue weighted by Gasteiger charge is 2.32. The van der Waals surface area contributed by atoms with Gasteiger partial charge in [-0.3, -0.25) is 9.69 Å². The number of phenolic OH excluding ortho intramolecular Hbond substituents is 1. The summed E-state index contributed by atoms with van der Waals surface area (Å²) in [5, 5.41) is 10.7. The molecule has 8 nitrogen and oxygen atoms in total. The third-order valence-corrected chi connectivity index (χ3v) is 6.84. The van der Waals surface area contributed by atoms with E-state index in [0.717, 1.165) is 37.6 Å². The molecule has 37 heavy (non-hydrogen) atoms. The van der Waals surface area contributed by atoms with Crippen molar-refractivity contribution >= 4 is 17.5 Å². The molecule has 2 aliphatic rings. The fraction of sp³-hybridized carbons (Fsp3) is 0.276. The van der Waals surface area contributed by atoms with Crippen molar-refractivity contribution in [3.63, 3.8) is 0 Å². The smallest absolute Gasteiger partial charge is 0.231 e. The minimum absolute atomic E-state index is 0.118. The van der Waals surface area contributed by atoms with Gasteiger partial charge in [0.05, 0.1) is 32.5 Å². The number of Topliss-reactive ketones (excluding diaryl/α,β-unsaturated/α-hetero) is 1. The lowest BCUT2D eigenvalue weighted by atomic mass is 10.0. The average Bonchev–Trinajstić information content (AvgIpc) is 3.25. The van der Waals surface area contributed by atoms with Crippen LogP contribution >= 0.6 is 0 Å². The van der Waals surface area contributed by atoms with Crippen molar-refractivity contribution in [3.8, 4) is 28.7 Å². The quantitative estimate of drug-likeness (QED) is 0.478. The zero-order chi connectivity index (χ0) is 25.9. The minimum Gasteiger partial charge on any atom is -0.507 e. The van der Waals surface area contributed by atoms with Gasteiger partial charge in [-0.15, -0.1) is 0 Å². The highest BCUT2D eigenvalue weighted by atomic mass is 16.5. The molecule has 3 aromatic rings. The van der Waals surface area contributed by atoms with E-state index in [4.69, 9.17) is 18.9 Å². The molecule has 0 spiro atoms. The Balaban J connectivity index is 1.32. The Bertz CT molecular complexity index is 1330. The predicted octanol–water partition coefficient (Wildman–Crippen LogP) is 4.36. The lowest BCUT2D eigenvalue weighted by Crippen LogP contribution is -2.46. The van der Waals surface area contributed by atoms with E-state index >= 15 is 0 Å². The number of nitrogens with zero attached hydrogens (tertiary/aromatic N) is 2. The Hall–Kier alpha value is -4.17. The number of carbonyl (C=O) groups excluding carboxylic acids is 1. The number of benzene rings is 3. The van der Waals surface area contributed by atoms with Gasteiger partial charge in [-0.2, -0.15) is 0 Å². The molecular formula is C29H30N2O6. The number of anilines is 1. The summed E-state index contributed by atoms with van der Waals surface area (Å²) in [6.45, 7) is 3.82. The predicted molar refractivity (Wildman–Crippen MR) is 141 cm³/mol. The first-order valence-electron chi connectivity index (χ1n) is 12.1. The first kappa shape index (κ1) is 24.5. The molecule has 0 aliphatic carbocycles. The molecule has 8 heteroatoms. The van der Waals surface area contributed by atoms with Crippen LogP contribution in [0.5, 0.6) is 28.7 Å². The van der Waals surface area contributed by atoms with Crippen molar-refractivity contribution in [2.75, 3.05) is 52.4 Å². The molecule has 5 rings (SSSR count). The van der Waals surface area contributed by atoms with Crippen LogP contribution in [0.3, 0.4) is 0 Å². The van der Waals surface area contributed by atoms with Gasteiger partial charge in [-0.05, 0) is 54.6 Å². The molecule has 1 saturated heterocycles. The Morgan fingerprint density at radius 1 is 0.892 bits per heavy atom. The minimum atomic E-state index is -0.224. The Morgan fingerprint density at radius 2 is 1.59 bits per heavy atom. The molecule has 2 heterocycles. The van der Waals surface area contributed by atoms with E-state index in [1.165, 1.54) is 0 Å². The maximum Gasteiger partial charge on any atom is 0.231 e. The van der Waals surface area contributed by atoms with Crippen molar-refractivity contribution < 1.29 is 28.8 Å².